The molecule has 4 rings (SSSR count). The van der Waals surface area contributed by atoms with Crippen molar-refractivity contribution in [3.8, 4) is 11.5 Å². The quantitative estimate of drug-likeness (QED) is 0.534. The zero-order valence-corrected chi connectivity index (χ0v) is 16.5. The van der Waals surface area contributed by atoms with Gasteiger partial charge in [-0.2, -0.15) is 0 Å². The molecule has 1 atom stereocenters. The summed E-state index contributed by atoms with van der Waals surface area (Å²) in [5, 5.41) is 12.0. The van der Waals surface area contributed by atoms with Crippen LogP contribution in [0.15, 0.2) is 60.9 Å². The van der Waals surface area contributed by atoms with Gasteiger partial charge < -0.3 is 15.8 Å². The molecule has 1 saturated carbocycles. The molecule has 1 aliphatic carbocycles. The molecule has 1 unspecified atom stereocenters. The van der Waals surface area contributed by atoms with E-state index in [4.69, 9.17) is 15.9 Å². The van der Waals surface area contributed by atoms with Gasteiger partial charge >= 0.3 is 0 Å². The number of nitrogens with zero attached hydrogens (tertiary/aromatic N) is 2. The molecule has 0 bridgehead atoms. The zero-order chi connectivity index (χ0) is 20.9. The Morgan fingerprint density at radius 3 is 2.53 bits per heavy atom. The van der Waals surface area contributed by atoms with Gasteiger partial charge in [-0.15, -0.1) is 0 Å². The number of nitrogens with two attached hydrogens (primary N) is 1. The fraction of sp³-hybridized carbons (Fsp3) is 0.217. The molecule has 1 aromatic heterocycles. The van der Waals surface area contributed by atoms with E-state index in [1.165, 1.54) is 6.33 Å². The number of carbonyl (C=O) groups excluding carboxylic acids is 1. The molecular weight excluding hydrogens is 378 g/mol. The van der Waals surface area contributed by atoms with Gasteiger partial charge in [0.05, 0.1) is 11.3 Å². The van der Waals surface area contributed by atoms with E-state index in [1.807, 2.05) is 42.5 Å². The Labute approximate surface area is 174 Å². The lowest BCUT2D eigenvalue weighted by Gasteiger charge is -2.24. The van der Waals surface area contributed by atoms with E-state index in [1.54, 1.807) is 12.1 Å². The van der Waals surface area contributed by atoms with Gasteiger partial charge in [0, 0.05) is 24.4 Å². The van der Waals surface area contributed by atoms with Crippen molar-refractivity contribution >= 4 is 23.1 Å². The summed E-state index contributed by atoms with van der Waals surface area (Å²) in [6, 6.07) is 16.7. The number of para-hydroxylation sites is 1. The molecular formula is C23H23N5O2. The fourth-order valence-electron chi connectivity index (χ4n) is 3.55. The molecule has 0 saturated heterocycles. The third-order valence-electron chi connectivity index (χ3n) is 5.07. The van der Waals surface area contributed by atoms with Crippen molar-refractivity contribution in [1.82, 2.24) is 9.97 Å². The van der Waals surface area contributed by atoms with E-state index in [-0.39, 0.29) is 23.4 Å². The van der Waals surface area contributed by atoms with Gasteiger partial charge in [-0.1, -0.05) is 18.2 Å². The molecule has 1 aliphatic rings. The lowest BCUT2D eigenvalue weighted by atomic mass is 9.94. The van der Waals surface area contributed by atoms with Crippen molar-refractivity contribution in [2.24, 2.45) is 0 Å². The minimum Gasteiger partial charge on any atom is -0.457 e. The maximum Gasteiger partial charge on any atom is 0.141 e. The second-order valence-electron chi connectivity index (χ2n) is 7.27. The molecule has 7 nitrogen and oxygen atoms in total. The molecule has 152 valence electrons. The molecule has 3 aromatic rings. The highest BCUT2D eigenvalue weighted by Gasteiger charge is 2.23. The smallest absolute Gasteiger partial charge is 0.141 e. The number of nitrogen functional groups attached to an aromatic ring is 1. The van der Waals surface area contributed by atoms with E-state index >= 15 is 0 Å². The summed E-state index contributed by atoms with van der Waals surface area (Å²) in [5.41, 5.74) is 7.42. The average molecular weight is 401 g/mol. The molecule has 0 amide bonds. The van der Waals surface area contributed by atoms with Crippen LogP contribution in [0.3, 0.4) is 0 Å². The molecule has 0 aliphatic heterocycles. The maximum atomic E-state index is 11.8. The minimum atomic E-state index is -0.00579. The van der Waals surface area contributed by atoms with Crippen molar-refractivity contribution in [3.05, 3.63) is 72.1 Å². The largest absolute Gasteiger partial charge is 0.457 e. The first-order valence-electron chi connectivity index (χ1n) is 9.91. The van der Waals surface area contributed by atoms with Gasteiger partial charge in [0.15, 0.2) is 0 Å². The third-order valence-corrected chi connectivity index (χ3v) is 5.07. The number of hydrogen-bond donors (Lipinski definition) is 3. The highest BCUT2D eigenvalue weighted by Crippen LogP contribution is 2.27. The van der Waals surface area contributed by atoms with E-state index in [2.05, 4.69) is 15.3 Å². The lowest BCUT2D eigenvalue weighted by molar-refractivity contribution is -0.120. The van der Waals surface area contributed by atoms with E-state index in [0.717, 1.165) is 18.6 Å². The Morgan fingerprint density at radius 2 is 1.80 bits per heavy atom. The topological polar surface area (TPSA) is 114 Å². The summed E-state index contributed by atoms with van der Waals surface area (Å²) in [5.74, 6) is 2.37. The number of carbonyl (C=O) groups is 1. The van der Waals surface area contributed by atoms with Crippen LogP contribution in [0.25, 0.3) is 0 Å². The number of nitrogens with one attached hydrogen (secondary N) is 2. The number of hydrogen-bond acceptors (Lipinski definition) is 7. The number of anilines is 2. The SMILES string of the molecule is N=C(c1ccc(Oc2ccccc2)cc1)c1c(N)ncnc1NC1CCCC(=O)C1. The van der Waals surface area contributed by atoms with Crippen LogP contribution >= 0.6 is 0 Å². The summed E-state index contributed by atoms with van der Waals surface area (Å²) in [6.45, 7) is 0. The average Bonchev–Trinajstić information content (AvgIpc) is 2.75. The highest BCUT2D eigenvalue weighted by molar-refractivity contribution is 6.16. The van der Waals surface area contributed by atoms with E-state index in [0.29, 0.717) is 35.5 Å². The highest BCUT2D eigenvalue weighted by atomic mass is 16.5. The first kappa shape index (κ1) is 19.6. The molecule has 1 heterocycles. The van der Waals surface area contributed by atoms with Crippen molar-refractivity contribution in [3.63, 3.8) is 0 Å². The van der Waals surface area contributed by atoms with E-state index in [9.17, 15) is 4.79 Å². The third kappa shape index (κ3) is 4.46. The van der Waals surface area contributed by atoms with Crippen molar-refractivity contribution in [1.29, 1.82) is 5.41 Å². The fourth-order valence-corrected chi connectivity index (χ4v) is 3.55. The molecule has 30 heavy (non-hydrogen) atoms. The van der Waals surface area contributed by atoms with Gasteiger partial charge in [-0.25, -0.2) is 9.97 Å². The van der Waals surface area contributed by atoms with Crippen molar-refractivity contribution in [2.45, 2.75) is 31.7 Å². The minimum absolute atomic E-state index is 0.00579. The molecule has 4 N–H and O–H groups in total. The Morgan fingerprint density at radius 1 is 1.07 bits per heavy atom. The van der Waals surface area contributed by atoms with Gasteiger partial charge in [0.1, 0.15) is 35.2 Å². The van der Waals surface area contributed by atoms with Gasteiger partial charge in [0.2, 0.25) is 0 Å². The Bertz CT molecular complexity index is 1050. The summed E-state index contributed by atoms with van der Waals surface area (Å²) in [7, 11) is 0. The first-order valence-corrected chi connectivity index (χ1v) is 9.91. The van der Waals surface area contributed by atoms with Crippen LogP contribution in [0.5, 0.6) is 11.5 Å². The molecule has 1 fully saturated rings. The number of Topliss-reactive ketones (excluding diaryl/α,β-unsaturated/α-hetero) is 1. The van der Waals surface area contributed by atoms with Crippen molar-refractivity contribution in [2.75, 3.05) is 11.1 Å². The van der Waals surface area contributed by atoms with Crippen LogP contribution in [-0.4, -0.2) is 27.5 Å². The second-order valence-corrected chi connectivity index (χ2v) is 7.27. The molecule has 7 heteroatoms. The van der Waals surface area contributed by atoms with Crippen LogP contribution in [-0.2, 0) is 4.79 Å². The molecule has 0 spiro atoms. The Hall–Kier alpha value is -3.74. The molecule has 2 aromatic carbocycles. The van der Waals surface area contributed by atoms with E-state index < -0.39 is 0 Å². The second kappa shape index (κ2) is 8.73. The number of ether oxygens (including phenoxy) is 1. The number of ketones is 1. The van der Waals surface area contributed by atoms with Gasteiger partial charge in [-0.3, -0.25) is 10.2 Å². The summed E-state index contributed by atoms with van der Waals surface area (Å²) < 4.78 is 5.81. The normalized spacial score (nSPS) is 16.1. The zero-order valence-electron chi connectivity index (χ0n) is 16.5. The number of rotatable bonds is 6. The number of aromatic nitrogens is 2. The van der Waals surface area contributed by atoms with Crippen LogP contribution in [0.2, 0.25) is 0 Å². The summed E-state index contributed by atoms with van der Waals surface area (Å²) >= 11 is 0. The first-order chi connectivity index (χ1) is 14.6. The van der Waals surface area contributed by atoms with Crippen LogP contribution in [0.1, 0.15) is 36.8 Å². The maximum absolute atomic E-state index is 11.8. The van der Waals surface area contributed by atoms with Gasteiger partial charge in [-0.05, 0) is 49.2 Å². The summed E-state index contributed by atoms with van der Waals surface area (Å²) in [4.78, 5) is 20.1. The standard InChI is InChI=1S/C23H23N5O2/c24-21(15-9-11-19(12-10-15)30-18-7-2-1-3-8-18)20-22(25)26-14-27-23(20)28-16-5-4-6-17(29)13-16/h1-3,7-12,14,16,24H,4-6,13H2,(H3,25,26,27,28). The monoisotopic (exact) mass is 401 g/mol. The Balaban J connectivity index is 1.54. The molecule has 0 radical (unpaired) electrons. The predicted octanol–water partition coefficient (Wildman–Crippen LogP) is 4.19. The van der Waals surface area contributed by atoms with Gasteiger partial charge in [0.25, 0.3) is 0 Å². The number of benzene rings is 2. The van der Waals surface area contributed by atoms with Crippen LogP contribution in [0, 0.1) is 5.41 Å². The summed E-state index contributed by atoms with van der Waals surface area (Å²) in [6.07, 6.45) is 4.20. The van der Waals surface area contributed by atoms with Crippen LogP contribution < -0.4 is 15.8 Å². The Kier molecular flexibility index (Phi) is 5.70. The lowest BCUT2D eigenvalue weighted by Crippen LogP contribution is -2.29. The van der Waals surface area contributed by atoms with Crippen LogP contribution in [0.4, 0.5) is 11.6 Å². The predicted molar refractivity (Wildman–Crippen MR) is 116 cm³/mol. The van der Waals surface area contributed by atoms with Crippen molar-refractivity contribution < 1.29 is 9.53 Å².